The predicted molar refractivity (Wildman–Crippen MR) is 67.8 cm³/mol. The second-order valence-electron chi connectivity index (χ2n) is 4.61. The molecule has 3 nitrogen and oxygen atoms in total. The van der Waals surface area contributed by atoms with Gasteiger partial charge in [-0.3, -0.25) is 0 Å². The van der Waals surface area contributed by atoms with E-state index < -0.39 is 0 Å². The highest BCUT2D eigenvalue weighted by molar-refractivity contribution is 5.22. The van der Waals surface area contributed by atoms with Crippen molar-refractivity contribution in [3.05, 3.63) is 35.4 Å². The Kier molecular flexibility index (Phi) is 4.98. The van der Waals surface area contributed by atoms with Gasteiger partial charge in [0.1, 0.15) is 0 Å². The molecule has 1 fully saturated rings. The van der Waals surface area contributed by atoms with Crippen LogP contribution in [0.5, 0.6) is 0 Å². The minimum Gasteiger partial charge on any atom is -0.381 e. The maximum Gasteiger partial charge on any atom is 0.0713 e. The predicted octanol–water partition coefficient (Wildman–Crippen LogP) is 1.96. The van der Waals surface area contributed by atoms with Crippen molar-refractivity contribution in [2.45, 2.75) is 19.6 Å². The fourth-order valence-electron chi connectivity index (χ4n) is 2.16. The van der Waals surface area contributed by atoms with E-state index in [9.17, 15) is 0 Å². The fraction of sp³-hybridized carbons (Fsp3) is 0.571. The second-order valence-corrected chi connectivity index (χ2v) is 4.61. The van der Waals surface area contributed by atoms with E-state index in [1.807, 2.05) is 0 Å². The lowest BCUT2D eigenvalue weighted by atomic mass is 10.1. The van der Waals surface area contributed by atoms with Gasteiger partial charge >= 0.3 is 0 Å². The van der Waals surface area contributed by atoms with E-state index in [4.69, 9.17) is 9.47 Å². The monoisotopic (exact) mass is 235 g/mol. The molecule has 1 heterocycles. The van der Waals surface area contributed by atoms with Crippen LogP contribution < -0.4 is 5.32 Å². The molecule has 17 heavy (non-hydrogen) atoms. The zero-order valence-electron chi connectivity index (χ0n) is 10.4. The van der Waals surface area contributed by atoms with Crippen LogP contribution in [-0.4, -0.2) is 26.9 Å². The molecule has 1 saturated heterocycles. The lowest BCUT2D eigenvalue weighted by Gasteiger charge is -2.10. The molecule has 1 aromatic rings. The molecule has 1 N–H and O–H groups in total. The van der Waals surface area contributed by atoms with Gasteiger partial charge in [0.05, 0.1) is 13.2 Å². The van der Waals surface area contributed by atoms with Crippen LogP contribution in [0.2, 0.25) is 0 Å². The number of ether oxygens (including phenoxy) is 2. The van der Waals surface area contributed by atoms with E-state index in [1.165, 1.54) is 17.5 Å². The molecule has 0 radical (unpaired) electrons. The first-order valence-electron chi connectivity index (χ1n) is 6.23. The molecule has 1 aliphatic rings. The Bertz CT molecular complexity index is 335. The van der Waals surface area contributed by atoms with Crippen LogP contribution >= 0.6 is 0 Å². The van der Waals surface area contributed by atoms with Crippen LogP contribution in [0.4, 0.5) is 0 Å². The van der Waals surface area contributed by atoms with E-state index in [0.29, 0.717) is 12.5 Å². The van der Waals surface area contributed by atoms with Crippen molar-refractivity contribution in [3.63, 3.8) is 0 Å². The topological polar surface area (TPSA) is 30.5 Å². The maximum atomic E-state index is 5.35. The molecule has 0 amide bonds. The van der Waals surface area contributed by atoms with Crippen LogP contribution in [0.25, 0.3) is 0 Å². The first-order chi connectivity index (χ1) is 8.38. The third-order valence-electron chi connectivity index (χ3n) is 3.09. The molecular weight excluding hydrogens is 214 g/mol. The molecule has 1 aliphatic heterocycles. The molecule has 1 aromatic carbocycles. The van der Waals surface area contributed by atoms with E-state index >= 15 is 0 Å². The molecule has 2 rings (SSSR count). The summed E-state index contributed by atoms with van der Waals surface area (Å²) in [6.45, 7) is 4.50. The lowest BCUT2D eigenvalue weighted by Crippen LogP contribution is -2.22. The molecule has 1 atom stereocenters. The van der Waals surface area contributed by atoms with Crippen molar-refractivity contribution in [1.82, 2.24) is 5.32 Å². The van der Waals surface area contributed by atoms with Crippen LogP contribution in [0, 0.1) is 5.92 Å². The third kappa shape index (κ3) is 4.11. The summed E-state index contributed by atoms with van der Waals surface area (Å²) in [7, 11) is 1.73. The fourth-order valence-corrected chi connectivity index (χ4v) is 2.16. The van der Waals surface area contributed by atoms with Crippen molar-refractivity contribution in [3.8, 4) is 0 Å². The highest BCUT2D eigenvalue weighted by Crippen LogP contribution is 2.11. The van der Waals surface area contributed by atoms with Crippen molar-refractivity contribution >= 4 is 0 Å². The molecule has 0 bridgehead atoms. The molecule has 94 valence electrons. The van der Waals surface area contributed by atoms with Gasteiger partial charge in [0.15, 0.2) is 0 Å². The van der Waals surface area contributed by atoms with Gasteiger partial charge in [-0.25, -0.2) is 0 Å². The van der Waals surface area contributed by atoms with E-state index in [2.05, 4.69) is 29.6 Å². The summed E-state index contributed by atoms with van der Waals surface area (Å²) in [5.74, 6) is 0.692. The number of methoxy groups -OCH3 is 1. The first-order valence-corrected chi connectivity index (χ1v) is 6.23. The van der Waals surface area contributed by atoms with Gasteiger partial charge in [0, 0.05) is 26.8 Å². The van der Waals surface area contributed by atoms with Crippen LogP contribution in [0.1, 0.15) is 17.5 Å². The zero-order chi connectivity index (χ0) is 11.9. The minimum atomic E-state index is 0.685. The van der Waals surface area contributed by atoms with Gasteiger partial charge in [-0.05, 0) is 23.5 Å². The highest BCUT2D eigenvalue weighted by atomic mass is 16.5. The van der Waals surface area contributed by atoms with E-state index in [-0.39, 0.29) is 0 Å². The number of hydrogen-bond donors (Lipinski definition) is 1. The summed E-state index contributed by atoms with van der Waals surface area (Å²) in [4.78, 5) is 0. The van der Waals surface area contributed by atoms with Gasteiger partial charge in [-0.2, -0.15) is 0 Å². The first kappa shape index (κ1) is 12.6. The van der Waals surface area contributed by atoms with Crippen molar-refractivity contribution in [2.24, 2.45) is 5.92 Å². The highest BCUT2D eigenvalue weighted by Gasteiger charge is 2.14. The number of rotatable bonds is 6. The minimum absolute atomic E-state index is 0.685. The van der Waals surface area contributed by atoms with Gasteiger partial charge in [-0.1, -0.05) is 24.3 Å². The summed E-state index contributed by atoms with van der Waals surface area (Å²) >= 11 is 0. The Morgan fingerprint density at radius 2 is 2.29 bits per heavy atom. The molecule has 0 aromatic heterocycles. The average molecular weight is 235 g/mol. The van der Waals surface area contributed by atoms with Gasteiger partial charge in [-0.15, -0.1) is 0 Å². The van der Waals surface area contributed by atoms with Crippen molar-refractivity contribution < 1.29 is 9.47 Å². The van der Waals surface area contributed by atoms with Gasteiger partial charge in [0.25, 0.3) is 0 Å². The third-order valence-corrected chi connectivity index (χ3v) is 3.09. The molecule has 0 spiro atoms. The molecule has 1 unspecified atom stereocenters. The number of nitrogens with one attached hydrogen (secondary N) is 1. The van der Waals surface area contributed by atoms with Crippen molar-refractivity contribution in [2.75, 3.05) is 26.9 Å². The van der Waals surface area contributed by atoms with E-state index in [1.54, 1.807) is 7.11 Å². The molecule has 3 heteroatoms. The molecule has 0 aliphatic carbocycles. The Morgan fingerprint density at radius 3 is 3.06 bits per heavy atom. The second kappa shape index (κ2) is 6.74. The normalized spacial score (nSPS) is 19.7. The quantitative estimate of drug-likeness (QED) is 0.817. The average Bonchev–Trinajstić information content (AvgIpc) is 2.83. The van der Waals surface area contributed by atoms with Crippen LogP contribution in [0.15, 0.2) is 24.3 Å². The van der Waals surface area contributed by atoms with Crippen LogP contribution in [-0.2, 0) is 22.6 Å². The summed E-state index contributed by atoms with van der Waals surface area (Å²) in [6.07, 6.45) is 1.19. The Labute approximate surface area is 103 Å². The summed E-state index contributed by atoms with van der Waals surface area (Å²) < 4.78 is 10.5. The SMILES string of the molecule is COCc1cccc(CNCC2CCOC2)c1. The zero-order valence-corrected chi connectivity index (χ0v) is 10.4. The van der Waals surface area contributed by atoms with Gasteiger partial charge in [0.2, 0.25) is 0 Å². The Balaban J connectivity index is 1.75. The van der Waals surface area contributed by atoms with E-state index in [0.717, 1.165) is 26.3 Å². The summed E-state index contributed by atoms with van der Waals surface area (Å²) in [5, 5.41) is 3.49. The molecule has 0 saturated carbocycles. The standard InChI is InChI=1S/C14H21NO2/c1-16-10-13-4-2-3-12(7-13)8-15-9-14-5-6-17-11-14/h2-4,7,14-15H,5-6,8-11H2,1H3. The van der Waals surface area contributed by atoms with Crippen molar-refractivity contribution in [1.29, 1.82) is 0 Å². The molecular formula is C14H21NO2. The summed E-state index contributed by atoms with van der Waals surface area (Å²) in [5.41, 5.74) is 2.55. The number of benzene rings is 1. The lowest BCUT2D eigenvalue weighted by molar-refractivity contribution is 0.184. The Morgan fingerprint density at radius 1 is 1.41 bits per heavy atom. The largest absolute Gasteiger partial charge is 0.381 e. The Hall–Kier alpha value is -0.900. The van der Waals surface area contributed by atoms with Crippen LogP contribution in [0.3, 0.4) is 0 Å². The number of hydrogen-bond acceptors (Lipinski definition) is 3. The maximum absolute atomic E-state index is 5.35. The smallest absolute Gasteiger partial charge is 0.0713 e. The van der Waals surface area contributed by atoms with Gasteiger partial charge < -0.3 is 14.8 Å². The summed E-state index contributed by atoms with van der Waals surface area (Å²) in [6, 6.07) is 8.53.